The van der Waals surface area contributed by atoms with E-state index in [1.165, 1.54) is 35.4 Å². The summed E-state index contributed by atoms with van der Waals surface area (Å²) in [5.74, 6) is -0.169. The van der Waals surface area contributed by atoms with E-state index in [9.17, 15) is 9.18 Å². The monoisotopic (exact) mass is 511 g/mol. The van der Waals surface area contributed by atoms with Crippen molar-refractivity contribution in [3.63, 3.8) is 0 Å². The van der Waals surface area contributed by atoms with Crippen LogP contribution in [0, 0.1) is 5.82 Å². The van der Waals surface area contributed by atoms with Crippen molar-refractivity contribution in [3.05, 3.63) is 82.2 Å². The summed E-state index contributed by atoms with van der Waals surface area (Å²) in [5.41, 5.74) is 1.85. The summed E-state index contributed by atoms with van der Waals surface area (Å²) in [5, 5.41) is 6.82. The van der Waals surface area contributed by atoms with Crippen molar-refractivity contribution in [2.75, 3.05) is 31.6 Å². The van der Waals surface area contributed by atoms with Crippen LogP contribution in [0.1, 0.15) is 15.2 Å². The Hall–Kier alpha value is -3.11. The van der Waals surface area contributed by atoms with E-state index in [2.05, 4.69) is 37.6 Å². The van der Waals surface area contributed by atoms with Crippen LogP contribution >= 0.6 is 22.9 Å². The van der Waals surface area contributed by atoms with Gasteiger partial charge in [-0.1, -0.05) is 41.9 Å². The number of halogens is 2. The number of hydrogen-bond donors (Lipinski definition) is 2. The second kappa shape index (κ2) is 10.7. The van der Waals surface area contributed by atoms with Gasteiger partial charge in [0.25, 0.3) is 5.91 Å². The van der Waals surface area contributed by atoms with Crippen molar-refractivity contribution >= 4 is 50.6 Å². The molecule has 5 rings (SSSR count). The lowest BCUT2D eigenvalue weighted by Crippen LogP contribution is -2.47. The molecule has 0 bridgehead atoms. The van der Waals surface area contributed by atoms with Crippen LogP contribution in [0.2, 0.25) is 5.02 Å². The highest BCUT2D eigenvalue weighted by molar-refractivity contribution is 7.20. The largest absolute Gasteiger partial charge is 0.374 e. The molecule has 2 N–H and O–H groups in total. The highest BCUT2D eigenvalue weighted by Crippen LogP contribution is 2.31. The molecule has 1 aliphatic rings. The van der Waals surface area contributed by atoms with Crippen molar-refractivity contribution in [3.8, 4) is 0 Å². The maximum atomic E-state index is 13.5. The number of aromatic nitrogens is 2. The third-order valence-electron chi connectivity index (χ3n) is 5.70. The van der Waals surface area contributed by atoms with E-state index in [1.807, 2.05) is 18.2 Å². The van der Waals surface area contributed by atoms with Gasteiger partial charge in [0, 0.05) is 31.9 Å². The Morgan fingerprint density at radius 1 is 1.20 bits per heavy atom. The maximum absolute atomic E-state index is 13.5. The van der Waals surface area contributed by atoms with Gasteiger partial charge in [-0.05, 0) is 29.8 Å². The van der Waals surface area contributed by atoms with Crippen molar-refractivity contribution in [1.82, 2.24) is 20.2 Å². The molecule has 4 aromatic rings. The summed E-state index contributed by atoms with van der Waals surface area (Å²) in [7, 11) is 0. The van der Waals surface area contributed by atoms with Crippen molar-refractivity contribution in [2.45, 2.75) is 12.6 Å². The zero-order chi connectivity index (χ0) is 24.2. The number of amides is 1. The Kier molecular flexibility index (Phi) is 7.19. The molecule has 1 saturated heterocycles. The summed E-state index contributed by atoms with van der Waals surface area (Å²) >= 11 is 7.16. The molecule has 2 aromatic carbocycles. The Labute approximate surface area is 210 Å². The molecule has 0 radical (unpaired) electrons. The molecular formula is C25H23ClFN5O2S. The maximum Gasteiger partial charge on any atom is 0.261 e. The quantitative estimate of drug-likeness (QED) is 0.369. The average Bonchev–Trinajstić information content (AvgIpc) is 3.31. The van der Waals surface area contributed by atoms with Crippen LogP contribution < -0.4 is 10.6 Å². The summed E-state index contributed by atoms with van der Waals surface area (Å²) in [4.78, 5) is 25.0. The number of benzene rings is 2. The minimum absolute atomic E-state index is 0.0120. The molecule has 0 spiro atoms. The Morgan fingerprint density at radius 2 is 2.06 bits per heavy atom. The van der Waals surface area contributed by atoms with Crippen molar-refractivity contribution < 1.29 is 13.9 Å². The predicted molar refractivity (Wildman–Crippen MR) is 136 cm³/mol. The van der Waals surface area contributed by atoms with E-state index in [0.29, 0.717) is 39.8 Å². The molecule has 0 aliphatic carbocycles. The number of carbonyl (C=O) groups excluding carboxylic acids is 1. The molecule has 180 valence electrons. The number of thiophene rings is 1. The minimum Gasteiger partial charge on any atom is -0.374 e. The molecular weight excluding hydrogens is 489 g/mol. The van der Waals surface area contributed by atoms with E-state index in [1.54, 1.807) is 12.1 Å². The lowest BCUT2D eigenvalue weighted by atomic mass is 10.2. The second-order valence-corrected chi connectivity index (χ2v) is 9.67. The van der Waals surface area contributed by atoms with Crippen molar-refractivity contribution in [1.29, 1.82) is 0 Å². The van der Waals surface area contributed by atoms with E-state index in [0.717, 1.165) is 19.6 Å². The first kappa shape index (κ1) is 23.6. The number of fused-ring (bicyclic) bond motifs is 1. The molecule has 1 atom stereocenters. The first-order valence-corrected chi connectivity index (χ1v) is 12.4. The third-order valence-corrected chi connectivity index (χ3v) is 7.03. The highest BCUT2D eigenvalue weighted by Gasteiger charge is 2.22. The number of nitrogens with zero attached hydrogens (tertiary/aromatic N) is 3. The molecule has 3 heterocycles. The number of carbonyl (C=O) groups is 1. The van der Waals surface area contributed by atoms with Gasteiger partial charge in [-0.2, -0.15) is 0 Å². The van der Waals surface area contributed by atoms with Crippen LogP contribution in [0.5, 0.6) is 0 Å². The summed E-state index contributed by atoms with van der Waals surface area (Å²) in [6, 6.07) is 16.4. The first-order chi connectivity index (χ1) is 17.0. The normalized spacial score (nSPS) is 16.3. The van der Waals surface area contributed by atoms with Gasteiger partial charge in [-0.3, -0.25) is 9.69 Å². The molecule has 10 heteroatoms. The fraction of sp³-hybridized carbons (Fsp3) is 0.240. The van der Waals surface area contributed by atoms with E-state index in [-0.39, 0.29) is 17.0 Å². The molecule has 1 aliphatic heterocycles. The standard InChI is InChI=1S/C25H23ClFN5O2S/c26-20-10-17(6-7-21(20)27)31-23-19-11-22(35-25(19)30-15-29-23)24(33)28-12-18-14-32(8-9-34-18)13-16-4-2-1-3-5-16/h1-7,10-11,15,18H,8-9,12-14H2,(H,28,33)(H,29,30,31). The van der Waals surface area contributed by atoms with Crippen LogP contribution in [-0.2, 0) is 11.3 Å². The van der Waals surface area contributed by atoms with Gasteiger partial charge in [-0.15, -0.1) is 11.3 Å². The summed E-state index contributed by atoms with van der Waals surface area (Å²) in [6.07, 6.45) is 1.34. The van der Waals surface area contributed by atoms with Gasteiger partial charge in [0.15, 0.2) is 0 Å². The predicted octanol–water partition coefficient (Wildman–Crippen LogP) is 4.86. The number of nitrogens with one attached hydrogen (secondary N) is 2. The minimum atomic E-state index is -0.496. The Bertz CT molecular complexity index is 1340. The summed E-state index contributed by atoms with van der Waals surface area (Å²) in [6.45, 7) is 3.53. The number of hydrogen-bond acceptors (Lipinski definition) is 7. The topological polar surface area (TPSA) is 79.4 Å². The lowest BCUT2D eigenvalue weighted by molar-refractivity contribution is -0.0292. The van der Waals surface area contributed by atoms with Gasteiger partial charge < -0.3 is 15.4 Å². The molecule has 2 aromatic heterocycles. The first-order valence-electron chi connectivity index (χ1n) is 11.2. The Morgan fingerprint density at radius 3 is 2.89 bits per heavy atom. The summed E-state index contributed by atoms with van der Waals surface area (Å²) < 4.78 is 19.3. The van der Waals surface area contributed by atoms with E-state index >= 15 is 0 Å². The fourth-order valence-electron chi connectivity index (χ4n) is 3.96. The van der Waals surface area contributed by atoms with E-state index in [4.69, 9.17) is 16.3 Å². The smallest absolute Gasteiger partial charge is 0.261 e. The number of rotatable bonds is 7. The van der Waals surface area contributed by atoms with Gasteiger partial charge in [-0.25, -0.2) is 14.4 Å². The number of anilines is 2. The van der Waals surface area contributed by atoms with Gasteiger partial charge >= 0.3 is 0 Å². The Balaban J connectivity index is 1.22. The van der Waals surface area contributed by atoms with Crippen LogP contribution in [0.4, 0.5) is 15.9 Å². The van der Waals surface area contributed by atoms with Crippen LogP contribution in [0.15, 0.2) is 60.9 Å². The molecule has 1 unspecified atom stereocenters. The highest BCUT2D eigenvalue weighted by atomic mass is 35.5. The van der Waals surface area contributed by atoms with Crippen LogP contribution in [-0.4, -0.2) is 53.1 Å². The third kappa shape index (κ3) is 5.76. The van der Waals surface area contributed by atoms with Crippen LogP contribution in [0.3, 0.4) is 0 Å². The van der Waals surface area contributed by atoms with Crippen molar-refractivity contribution in [2.24, 2.45) is 0 Å². The van der Waals surface area contributed by atoms with Gasteiger partial charge in [0.2, 0.25) is 0 Å². The zero-order valence-corrected chi connectivity index (χ0v) is 20.3. The molecule has 0 saturated carbocycles. The lowest BCUT2D eigenvalue weighted by Gasteiger charge is -2.33. The fourth-order valence-corrected chi connectivity index (χ4v) is 5.06. The molecule has 1 fully saturated rings. The number of ether oxygens (including phenoxy) is 1. The van der Waals surface area contributed by atoms with Gasteiger partial charge in [0.05, 0.1) is 28.0 Å². The SMILES string of the molecule is O=C(NCC1CN(Cc2ccccc2)CCO1)c1cc2c(Nc3ccc(F)c(Cl)c3)ncnc2s1. The molecule has 1 amide bonds. The molecule has 35 heavy (non-hydrogen) atoms. The zero-order valence-electron chi connectivity index (χ0n) is 18.7. The van der Waals surface area contributed by atoms with E-state index < -0.39 is 5.82 Å². The number of morpholine rings is 1. The average molecular weight is 512 g/mol. The van der Waals surface area contributed by atoms with Gasteiger partial charge in [0.1, 0.15) is 22.8 Å². The van der Waals surface area contributed by atoms with Crippen LogP contribution in [0.25, 0.3) is 10.2 Å². The molecule has 7 nitrogen and oxygen atoms in total. The second-order valence-electron chi connectivity index (χ2n) is 8.23.